The fourth-order valence-electron chi connectivity index (χ4n) is 1.84. The zero-order valence-corrected chi connectivity index (χ0v) is 12.4. The summed E-state index contributed by atoms with van der Waals surface area (Å²) in [6, 6.07) is 3.66. The summed E-state index contributed by atoms with van der Waals surface area (Å²) in [5.74, 6) is 1.56. The number of aryl methyl sites for hydroxylation is 1. The van der Waals surface area contributed by atoms with Crippen LogP contribution >= 0.6 is 0 Å². The van der Waals surface area contributed by atoms with Crippen LogP contribution in [0.4, 0.5) is 0 Å². The van der Waals surface area contributed by atoms with Crippen LogP contribution in [0.25, 0.3) is 0 Å². The maximum absolute atomic E-state index is 12.1. The highest BCUT2D eigenvalue weighted by molar-refractivity contribution is 7.89. The van der Waals surface area contributed by atoms with Crippen molar-refractivity contribution < 1.29 is 17.3 Å². The molecule has 1 fully saturated rings. The fraction of sp³-hybridized carbons (Fsp3) is 0.462. The summed E-state index contributed by atoms with van der Waals surface area (Å²) < 4.78 is 37.1. The molecule has 0 bridgehead atoms. The van der Waals surface area contributed by atoms with Gasteiger partial charge in [0, 0.05) is 6.04 Å². The molecule has 0 aromatic carbocycles. The zero-order chi connectivity index (χ0) is 14.9. The van der Waals surface area contributed by atoms with E-state index in [1.165, 1.54) is 25.1 Å². The van der Waals surface area contributed by atoms with Crippen molar-refractivity contribution in [2.45, 2.75) is 44.0 Å². The van der Waals surface area contributed by atoms with Gasteiger partial charge >= 0.3 is 0 Å². The van der Waals surface area contributed by atoms with Crippen molar-refractivity contribution in [2.75, 3.05) is 0 Å². The van der Waals surface area contributed by atoms with E-state index in [0.717, 1.165) is 0 Å². The molecule has 0 atom stereocenters. The molecule has 2 heterocycles. The van der Waals surface area contributed by atoms with E-state index in [1.807, 2.05) is 0 Å². The monoisotopic (exact) mass is 311 g/mol. The van der Waals surface area contributed by atoms with Gasteiger partial charge in [-0.2, -0.15) is 4.72 Å². The van der Waals surface area contributed by atoms with Crippen LogP contribution in [0, 0.1) is 6.92 Å². The van der Waals surface area contributed by atoms with Gasteiger partial charge in [0.15, 0.2) is 0 Å². The van der Waals surface area contributed by atoms with Crippen LogP contribution in [0.1, 0.15) is 30.3 Å². The Kier molecular flexibility index (Phi) is 3.83. The minimum atomic E-state index is -3.70. The van der Waals surface area contributed by atoms with Crippen molar-refractivity contribution in [1.82, 2.24) is 15.0 Å². The van der Waals surface area contributed by atoms with Gasteiger partial charge in [0.05, 0.1) is 19.3 Å². The van der Waals surface area contributed by atoms with Crippen molar-refractivity contribution in [1.29, 1.82) is 0 Å². The second-order valence-electron chi connectivity index (χ2n) is 5.07. The summed E-state index contributed by atoms with van der Waals surface area (Å²) in [7, 11) is -3.70. The van der Waals surface area contributed by atoms with Crippen LogP contribution in [0.3, 0.4) is 0 Å². The van der Waals surface area contributed by atoms with E-state index in [2.05, 4.69) is 15.0 Å². The summed E-state index contributed by atoms with van der Waals surface area (Å²) in [6.45, 7) is 2.28. The van der Waals surface area contributed by atoms with E-state index in [4.69, 9.17) is 8.83 Å². The van der Waals surface area contributed by atoms with E-state index in [-0.39, 0.29) is 11.6 Å². The predicted octanol–water partition coefficient (Wildman–Crippen LogP) is 1.31. The lowest BCUT2D eigenvalue weighted by molar-refractivity contribution is 0.397. The summed E-state index contributed by atoms with van der Waals surface area (Å²) in [6.07, 6.45) is 3.88. The summed E-state index contributed by atoms with van der Waals surface area (Å²) in [4.78, 5) is 3.94. The first-order chi connectivity index (χ1) is 10.0. The summed E-state index contributed by atoms with van der Waals surface area (Å²) >= 11 is 0. The molecule has 0 spiro atoms. The minimum absolute atomic E-state index is 0.00741. The van der Waals surface area contributed by atoms with Gasteiger partial charge in [-0.05, 0) is 31.9 Å². The molecule has 2 N–H and O–H groups in total. The Hall–Kier alpha value is -1.64. The highest BCUT2D eigenvalue weighted by atomic mass is 32.2. The largest absolute Gasteiger partial charge is 0.447 e. The van der Waals surface area contributed by atoms with Gasteiger partial charge in [-0.3, -0.25) is 0 Å². The van der Waals surface area contributed by atoms with E-state index < -0.39 is 10.0 Å². The number of sulfonamides is 1. The Morgan fingerprint density at radius 2 is 2.10 bits per heavy atom. The number of furan rings is 1. The van der Waals surface area contributed by atoms with E-state index in [9.17, 15) is 8.42 Å². The third kappa shape index (κ3) is 3.72. The Morgan fingerprint density at radius 1 is 1.29 bits per heavy atom. The molecule has 7 nitrogen and oxygen atoms in total. The summed E-state index contributed by atoms with van der Waals surface area (Å²) in [5, 5.41) is 3.17. The van der Waals surface area contributed by atoms with E-state index >= 15 is 0 Å². The number of aromatic nitrogens is 1. The van der Waals surface area contributed by atoms with Gasteiger partial charge in [-0.15, -0.1) is 0 Å². The Bertz CT molecular complexity index is 715. The van der Waals surface area contributed by atoms with Crippen LogP contribution in [0.5, 0.6) is 0 Å². The quantitative estimate of drug-likeness (QED) is 0.800. The normalized spacial score (nSPS) is 15.5. The Balaban J connectivity index is 1.60. The van der Waals surface area contributed by atoms with Crippen molar-refractivity contribution >= 4 is 10.0 Å². The third-order valence-corrected chi connectivity index (χ3v) is 4.40. The molecule has 1 aliphatic rings. The highest BCUT2D eigenvalue weighted by Gasteiger charge is 2.22. The number of oxazole rings is 1. The molecule has 2 aromatic rings. The smallest absolute Gasteiger partial charge is 0.274 e. The first-order valence-corrected chi connectivity index (χ1v) is 8.24. The maximum Gasteiger partial charge on any atom is 0.274 e. The molecule has 2 aromatic heterocycles. The SMILES string of the molecule is Cc1cnc(CNS(=O)(=O)c2ccc(CNC3CC3)o2)o1. The molecule has 1 aliphatic carbocycles. The second-order valence-corrected chi connectivity index (χ2v) is 6.76. The fourth-order valence-corrected chi connectivity index (χ4v) is 2.76. The van der Waals surface area contributed by atoms with Gasteiger partial charge in [0.2, 0.25) is 11.0 Å². The zero-order valence-electron chi connectivity index (χ0n) is 11.6. The molecule has 21 heavy (non-hydrogen) atoms. The molecule has 1 saturated carbocycles. The lowest BCUT2D eigenvalue weighted by Gasteiger charge is -2.02. The first-order valence-electron chi connectivity index (χ1n) is 6.76. The van der Waals surface area contributed by atoms with Crippen molar-refractivity contribution in [2.24, 2.45) is 0 Å². The standard InChI is InChI=1S/C13H17N3O4S/c1-9-6-15-12(19-9)8-16-21(17,18)13-5-4-11(20-13)7-14-10-2-3-10/h4-6,10,14,16H,2-3,7-8H2,1H3. The highest BCUT2D eigenvalue weighted by Crippen LogP contribution is 2.20. The van der Waals surface area contributed by atoms with Gasteiger partial charge in [0.25, 0.3) is 10.0 Å². The topological polar surface area (TPSA) is 97.4 Å². The van der Waals surface area contributed by atoms with Crippen molar-refractivity contribution in [3.8, 4) is 0 Å². The number of hydrogen-bond acceptors (Lipinski definition) is 6. The molecule has 0 radical (unpaired) electrons. The molecular weight excluding hydrogens is 294 g/mol. The van der Waals surface area contributed by atoms with Crippen molar-refractivity contribution in [3.63, 3.8) is 0 Å². The van der Waals surface area contributed by atoms with Crippen LogP contribution in [0.2, 0.25) is 0 Å². The maximum atomic E-state index is 12.1. The second kappa shape index (κ2) is 5.63. The summed E-state index contributed by atoms with van der Waals surface area (Å²) in [5.41, 5.74) is 0. The van der Waals surface area contributed by atoms with Crippen molar-refractivity contribution in [3.05, 3.63) is 35.7 Å². The predicted molar refractivity (Wildman–Crippen MR) is 73.8 cm³/mol. The van der Waals surface area contributed by atoms with E-state index in [1.54, 1.807) is 13.0 Å². The van der Waals surface area contributed by atoms with Gasteiger partial charge in [0.1, 0.15) is 11.5 Å². The van der Waals surface area contributed by atoms with Gasteiger partial charge in [-0.1, -0.05) is 0 Å². The molecule has 0 unspecified atom stereocenters. The molecule has 8 heteroatoms. The lowest BCUT2D eigenvalue weighted by Crippen LogP contribution is -2.23. The molecule has 114 valence electrons. The van der Waals surface area contributed by atoms with Crippen LogP contribution in [-0.4, -0.2) is 19.4 Å². The van der Waals surface area contributed by atoms with Crippen LogP contribution in [-0.2, 0) is 23.1 Å². The number of nitrogens with zero attached hydrogens (tertiary/aromatic N) is 1. The molecular formula is C13H17N3O4S. The first kappa shape index (κ1) is 14.3. The number of nitrogens with one attached hydrogen (secondary N) is 2. The average molecular weight is 311 g/mol. The van der Waals surface area contributed by atoms with Crippen LogP contribution < -0.4 is 10.0 Å². The van der Waals surface area contributed by atoms with Gasteiger partial charge < -0.3 is 14.2 Å². The molecule has 0 saturated heterocycles. The lowest BCUT2D eigenvalue weighted by atomic mass is 10.4. The Labute approximate surface area is 122 Å². The Morgan fingerprint density at radius 3 is 2.76 bits per heavy atom. The molecule has 3 rings (SSSR count). The van der Waals surface area contributed by atoms with E-state index in [0.29, 0.717) is 30.0 Å². The van der Waals surface area contributed by atoms with Crippen LogP contribution in [0.15, 0.2) is 32.3 Å². The number of hydrogen-bond donors (Lipinski definition) is 2. The molecule has 0 aliphatic heterocycles. The minimum Gasteiger partial charge on any atom is -0.447 e. The molecule has 0 amide bonds. The number of rotatable bonds is 7. The third-order valence-electron chi connectivity index (χ3n) is 3.13. The van der Waals surface area contributed by atoms with Gasteiger partial charge in [-0.25, -0.2) is 13.4 Å². The average Bonchev–Trinajstić information content (AvgIpc) is 2.97.